The summed E-state index contributed by atoms with van der Waals surface area (Å²) >= 11 is 0. The van der Waals surface area contributed by atoms with Crippen LogP contribution in [0, 0.1) is 17.8 Å². The third kappa shape index (κ3) is 4.68. The van der Waals surface area contributed by atoms with Crippen LogP contribution in [-0.2, 0) is 28.5 Å². The van der Waals surface area contributed by atoms with Crippen molar-refractivity contribution in [3.05, 3.63) is 0 Å². The molecule has 0 radical (unpaired) electrons. The molecule has 0 saturated carbocycles. The van der Waals surface area contributed by atoms with Crippen LogP contribution < -0.4 is 0 Å². The van der Waals surface area contributed by atoms with Gasteiger partial charge in [0.25, 0.3) is 0 Å². The van der Waals surface area contributed by atoms with Gasteiger partial charge in [-0.15, -0.1) is 0 Å². The van der Waals surface area contributed by atoms with Gasteiger partial charge in [-0.25, -0.2) is 4.79 Å². The van der Waals surface area contributed by atoms with Crippen LogP contribution in [0.2, 0.25) is 0 Å². The maximum absolute atomic E-state index is 11.5. The first-order valence-corrected chi connectivity index (χ1v) is 7.30. The van der Waals surface area contributed by atoms with E-state index >= 15 is 0 Å². The van der Waals surface area contributed by atoms with Gasteiger partial charge in [-0.3, -0.25) is 4.79 Å². The fraction of sp³-hybridized carbons (Fsp3) is 0.867. The van der Waals surface area contributed by atoms with Crippen LogP contribution in [0.3, 0.4) is 0 Å². The number of carbonyl (C=O) groups is 2. The van der Waals surface area contributed by atoms with E-state index in [1.165, 1.54) is 14.0 Å². The van der Waals surface area contributed by atoms with E-state index < -0.39 is 18.4 Å². The standard InChI is InChI=1S/C15H26O6/c1-8-9(2)13(7-19-12(5)16)21-15(10(8)3)20-11(4)14(17)18-6/h8-11,13,15H,7H2,1-6H3/t8-,9+,10?,11-,13?,15?/m0/s1. The molecule has 21 heavy (non-hydrogen) atoms. The Morgan fingerprint density at radius 2 is 1.76 bits per heavy atom. The van der Waals surface area contributed by atoms with E-state index in [0.717, 1.165) is 0 Å². The topological polar surface area (TPSA) is 71.1 Å². The van der Waals surface area contributed by atoms with Crippen molar-refractivity contribution in [2.75, 3.05) is 13.7 Å². The van der Waals surface area contributed by atoms with Gasteiger partial charge in [-0.1, -0.05) is 20.8 Å². The molecule has 0 spiro atoms. The number of carbonyl (C=O) groups excluding carboxylic acids is 2. The van der Waals surface area contributed by atoms with Gasteiger partial charge in [0.1, 0.15) is 6.61 Å². The van der Waals surface area contributed by atoms with Gasteiger partial charge in [-0.2, -0.15) is 0 Å². The minimum absolute atomic E-state index is 0.126. The summed E-state index contributed by atoms with van der Waals surface area (Å²) in [6.45, 7) is 9.39. The van der Waals surface area contributed by atoms with E-state index in [-0.39, 0.29) is 30.5 Å². The van der Waals surface area contributed by atoms with Gasteiger partial charge >= 0.3 is 11.9 Å². The zero-order valence-corrected chi connectivity index (χ0v) is 13.6. The molecule has 0 aromatic heterocycles. The lowest BCUT2D eigenvalue weighted by Gasteiger charge is -2.43. The van der Waals surface area contributed by atoms with Crippen LogP contribution >= 0.6 is 0 Å². The van der Waals surface area contributed by atoms with Crippen molar-refractivity contribution in [3.8, 4) is 0 Å². The summed E-state index contributed by atoms with van der Waals surface area (Å²) in [5.41, 5.74) is 0. The van der Waals surface area contributed by atoms with Crippen molar-refractivity contribution in [1.29, 1.82) is 0 Å². The van der Waals surface area contributed by atoms with E-state index in [1.807, 2.05) is 6.92 Å². The first-order chi connectivity index (χ1) is 9.77. The highest BCUT2D eigenvalue weighted by Gasteiger charge is 2.41. The molecular weight excluding hydrogens is 276 g/mol. The Balaban J connectivity index is 2.70. The first-order valence-electron chi connectivity index (χ1n) is 7.30. The number of hydrogen-bond donors (Lipinski definition) is 0. The van der Waals surface area contributed by atoms with Gasteiger partial charge in [0.2, 0.25) is 0 Å². The highest BCUT2D eigenvalue weighted by Crippen LogP contribution is 2.36. The molecule has 1 rings (SSSR count). The quantitative estimate of drug-likeness (QED) is 0.721. The number of esters is 2. The summed E-state index contributed by atoms with van der Waals surface area (Å²) in [4.78, 5) is 22.4. The predicted octanol–water partition coefficient (Wildman–Crippen LogP) is 1.76. The molecule has 1 fully saturated rings. The third-order valence-corrected chi connectivity index (χ3v) is 4.31. The van der Waals surface area contributed by atoms with E-state index in [1.54, 1.807) is 6.92 Å². The van der Waals surface area contributed by atoms with E-state index in [9.17, 15) is 9.59 Å². The zero-order chi connectivity index (χ0) is 16.2. The van der Waals surface area contributed by atoms with Crippen LogP contribution in [0.1, 0.15) is 34.6 Å². The molecule has 0 aromatic carbocycles. The van der Waals surface area contributed by atoms with E-state index in [2.05, 4.69) is 18.6 Å². The fourth-order valence-corrected chi connectivity index (χ4v) is 2.45. The first kappa shape index (κ1) is 17.9. The van der Waals surface area contributed by atoms with Crippen LogP contribution in [0.4, 0.5) is 0 Å². The molecule has 6 heteroatoms. The Morgan fingerprint density at radius 1 is 1.14 bits per heavy atom. The lowest BCUT2D eigenvalue weighted by atomic mass is 9.79. The second-order valence-electron chi connectivity index (χ2n) is 5.72. The maximum Gasteiger partial charge on any atom is 0.334 e. The Bertz CT molecular complexity index is 369. The van der Waals surface area contributed by atoms with Gasteiger partial charge in [0.15, 0.2) is 12.4 Å². The second kappa shape index (κ2) is 7.75. The van der Waals surface area contributed by atoms with Gasteiger partial charge < -0.3 is 18.9 Å². The molecule has 0 bridgehead atoms. The summed E-state index contributed by atoms with van der Waals surface area (Å²) in [5.74, 6) is -0.103. The highest BCUT2D eigenvalue weighted by atomic mass is 16.7. The number of ether oxygens (including phenoxy) is 4. The summed E-state index contributed by atoms with van der Waals surface area (Å²) in [6, 6.07) is 0. The molecule has 1 saturated heterocycles. The third-order valence-electron chi connectivity index (χ3n) is 4.31. The van der Waals surface area contributed by atoms with Crippen molar-refractivity contribution in [1.82, 2.24) is 0 Å². The monoisotopic (exact) mass is 302 g/mol. The average Bonchev–Trinajstić information content (AvgIpc) is 2.45. The number of methoxy groups -OCH3 is 1. The lowest BCUT2D eigenvalue weighted by Crippen LogP contribution is -2.49. The molecular formula is C15H26O6. The molecule has 0 aromatic rings. The van der Waals surface area contributed by atoms with Crippen LogP contribution in [0.15, 0.2) is 0 Å². The highest BCUT2D eigenvalue weighted by molar-refractivity contribution is 5.73. The van der Waals surface area contributed by atoms with Crippen molar-refractivity contribution >= 4 is 11.9 Å². The smallest absolute Gasteiger partial charge is 0.334 e. The fourth-order valence-electron chi connectivity index (χ4n) is 2.45. The Hall–Kier alpha value is -1.14. The van der Waals surface area contributed by atoms with Crippen LogP contribution in [0.5, 0.6) is 0 Å². The molecule has 0 N–H and O–H groups in total. The van der Waals surface area contributed by atoms with Gasteiger partial charge in [-0.05, 0) is 18.8 Å². The Kier molecular flexibility index (Phi) is 6.61. The van der Waals surface area contributed by atoms with Crippen molar-refractivity contribution < 1.29 is 28.5 Å². The SMILES string of the molecule is COC(=O)[C@H](C)OC1OC(COC(C)=O)[C@H](C)[C@H](C)C1C. The van der Waals surface area contributed by atoms with Crippen molar-refractivity contribution in [2.45, 2.75) is 53.1 Å². The van der Waals surface area contributed by atoms with Crippen molar-refractivity contribution in [2.24, 2.45) is 17.8 Å². The molecule has 0 amide bonds. The summed E-state index contributed by atoms with van der Waals surface area (Å²) < 4.78 is 21.3. The minimum Gasteiger partial charge on any atom is -0.467 e. The number of hydrogen-bond acceptors (Lipinski definition) is 6. The van der Waals surface area contributed by atoms with Crippen molar-refractivity contribution in [3.63, 3.8) is 0 Å². The van der Waals surface area contributed by atoms with Gasteiger partial charge in [0, 0.05) is 12.8 Å². The lowest BCUT2D eigenvalue weighted by molar-refractivity contribution is -0.268. The predicted molar refractivity (Wildman–Crippen MR) is 75.3 cm³/mol. The second-order valence-corrected chi connectivity index (χ2v) is 5.72. The molecule has 6 nitrogen and oxygen atoms in total. The van der Waals surface area contributed by atoms with E-state index in [0.29, 0.717) is 5.92 Å². The zero-order valence-electron chi connectivity index (χ0n) is 13.6. The largest absolute Gasteiger partial charge is 0.467 e. The Labute approximate surface area is 126 Å². The summed E-state index contributed by atoms with van der Waals surface area (Å²) in [6.07, 6.45) is -1.46. The maximum atomic E-state index is 11.5. The molecule has 1 aliphatic heterocycles. The Morgan fingerprint density at radius 3 is 2.29 bits per heavy atom. The molecule has 6 atom stereocenters. The molecule has 0 aliphatic carbocycles. The summed E-state index contributed by atoms with van der Waals surface area (Å²) in [5, 5.41) is 0. The van der Waals surface area contributed by atoms with E-state index in [4.69, 9.17) is 14.2 Å². The number of rotatable bonds is 5. The van der Waals surface area contributed by atoms with Gasteiger partial charge in [0.05, 0.1) is 13.2 Å². The molecule has 1 aliphatic rings. The van der Waals surface area contributed by atoms with Crippen LogP contribution in [0.25, 0.3) is 0 Å². The molecule has 122 valence electrons. The normalized spacial score (nSPS) is 34.1. The molecule has 3 unspecified atom stereocenters. The van der Waals surface area contributed by atoms with Crippen LogP contribution in [-0.4, -0.2) is 44.2 Å². The summed E-state index contributed by atoms with van der Waals surface area (Å²) in [7, 11) is 1.32. The molecule has 1 heterocycles. The minimum atomic E-state index is -0.697. The average molecular weight is 302 g/mol.